The Morgan fingerprint density at radius 3 is 2.64 bits per heavy atom. The highest BCUT2D eigenvalue weighted by atomic mass is 35.5. The molecular weight excluding hydrogens is 383 g/mol. The van der Waals surface area contributed by atoms with Gasteiger partial charge < -0.3 is 15.4 Å². The highest BCUT2D eigenvalue weighted by Crippen LogP contribution is 2.32. The molecule has 0 aliphatic carbocycles. The maximum Gasteiger partial charge on any atom is 0.220 e. The minimum Gasteiger partial charge on any atom is -0.492 e. The van der Waals surface area contributed by atoms with Crippen molar-refractivity contribution in [2.75, 3.05) is 13.2 Å². The lowest BCUT2D eigenvalue weighted by Gasteiger charge is -2.28. The number of carbonyl (C=O) groups is 1. The Bertz CT molecular complexity index is 573. The normalized spacial score (nSPS) is 24.5. The van der Waals surface area contributed by atoms with E-state index in [-0.39, 0.29) is 18.3 Å². The molecule has 140 valence electrons. The monoisotopic (exact) mass is 406 g/mol. The van der Waals surface area contributed by atoms with E-state index in [1.807, 2.05) is 0 Å². The van der Waals surface area contributed by atoms with Crippen LogP contribution >= 0.6 is 35.6 Å². The molecule has 0 spiro atoms. The fraction of sp³-hybridized carbons (Fsp3) is 0.611. The highest BCUT2D eigenvalue weighted by molar-refractivity contribution is 6.35. The summed E-state index contributed by atoms with van der Waals surface area (Å²) in [6, 6.07) is 6.44. The van der Waals surface area contributed by atoms with Gasteiger partial charge in [-0.3, -0.25) is 4.79 Å². The minimum absolute atomic E-state index is 0. The third kappa shape index (κ3) is 6.21. The van der Waals surface area contributed by atoms with Crippen LogP contribution in [0.1, 0.15) is 38.5 Å². The molecular formula is C18H25Cl3N2O2. The number of fused-ring (bicyclic) bond motifs is 2. The number of amides is 1. The molecule has 2 atom stereocenters. The molecule has 2 saturated heterocycles. The van der Waals surface area contributed by atoms with Gasteiger partial charge in [0.05, 0.1) is 11.6 Å². The molecule has 0 aromatic heterocycles. The van der Waals surface area contributed by atoms with Crippen molar-refractivity contribution in [1.82, 2.24) is 10.6 Å². The third-order valence-electron chi connectivity index (χ3n) is 4.84. The number of piperidine rings is 1. The predicted molar refractivity (Wildman–Crippen MR) is 104 cm³/mol. The Morgan fingerprint density at radius 1 is 1.24 bits per heavy atom. The van der Waals surface area contributed by atoms with Gasteiger partial charge in [-0.25, -0.2) is 0 Å². The quantitative estimate of drug-likeness (QED) is 0.665. The van der Waals surface area contributed by atoms with Crippen molar-refractivity contribution in [3.63, 3.8) is 0 Å². The first-order valence-electron chi connectivity index (χ1n) is 8.71. The number of hydrogen-bond donors (Lipinski definition) is 2. The highest BCUT2D eigenvalue weighted by Gasteiger charge is 2.33. The van der Waals surface area contributed by atoms with Crippen molar-refractivity contribution >= 4 is 41.5 Å². The standard InChI is InChI=1S/C18H24Cl2N2O2.ClH/c19-13-2-5-17(16(20)11-13)24-7-1-6-21-18(23)10-12-8-14-3-4-15(9-12)22-14;/h2,5,11-12,14-15,22H,1,3-4,6-10H2,(H,21,23);1H. The van der Waals surface area contributed by atoms with E-state index in [0.29, 0.717) is 53.4 Å². The number of benzene rings is 1. The molecule has 2 heterocycles. The van der Waals surface area contributed by atoms with Crippen LogP contribution in [0.2, 0.25) is 10.0 Å². The molecule has 7 heteroatoms. The lowest BCUT2D eigenvalue weighted by Crippen LogP contribution is -2.39. The van der Waals surface area contributed by atoms with Gasteiger partial charge in [-0.1, -0.05) is 23.2 Å². The van der Waals surface area contributed by atoms with Crippen LogP contribution in [0.4, 0.5) is 0 Å². The molecule has 4 nitrogen and oxygen atoms in total. The van der Waals surface area contributed by atoms with E-state index in [4.69, 9.17) is 27.9 Å². The molecule has 1 aromatic rings. The zero-order chi connectivity index (χ0) is 16.9. The van der Waals surface area contributed by atoms with Crippen molar-refractivity contribution in [2.45, 2.75) is 50.6 Å². The summed E-state index contributed by atoms with van der Waals surface area (Å²) in [5, 5.41) is 7.70. The molecule has 2 aliphatic heterocycles. The van der Waals surface area contributed by atoms with E-state index >= 15 is 0 Å². The summed E-state index contributed by atoms with van der Waals surface area (Å²) in [7, 11) is 0. The van der Waals surface area contributed by atoms with Crippen molar-refractivity contribution < 1.29 is 9.53 Å². The van der Waals surface area contributed by atoms with Gasteiger partial charge in [-0.05, 0) is 56.2 Å². The Labute approximate surface area is 165 Å². The van der Waals surface area contributed by atoms with Crippen molar-refractivity contribution in [3.8, 4) is 5.75 Å². The molecule has 2 bridgehead atoms. The van der Waals surface area contributed by atoms with Crippen LogP contribution in [-0.2, 0) is 4.79 Å². The van der Waals surface area contributed by atoms with Gasteiger partial charge in [0.15, 0.2) is 0 Å². The molecule has 0 saturated carbocycles. The number of halogens is 3. The van der Waals surface area contributed by atoms with Crippen LogP contribution in [0, 0.1) is 5.92 Å². The summed E-state index contributed by atoms with van der Waals surface area (Å²) in [6.45, 7) is 1.14. The van der Waals surface area contributed by atoms with Crippen LogP contribution in [0.3, 0.4) is 0 Å². The van der Waals surface area contributed by atoms with E-state index in [2.05, 4.69) is 10.6 Å². The summed E-state index contributed by atoms with van der Waals surface area (Å²) >= 11 is 11.9. The molecule has 2 unspecified atom stereocenters. The van der Waals surface area contributed by atoms with E-state index in [1.165, 1.54) is 12.8 Å². The number of rotatable bonds is 7. The second kappa shape index (κ2) is 9.86. The fourth-order valence-electron chi connectivity index (χ4n) is 3.75. The van der Waals surface area contributed by atoms with Crippen molar-refractivity contribution in [2.24, 2.45) is 5.92 Å². The van der Waals surface area contributed by atoms with Gasteiger partial charge in [0, 0.05) is 30.1 Å². The zero-order valence-corrected chi connectivity index (χ0v) is 16.4. The second-order valence-corrected chi connectivity index (χ2v) is 7.65. The average molecular weight is 408 g/mol. The van der Waals surface area contributed by atoms with Crippen LogP contribution in [0.15, 0.2) is 18.2 Å². The number of nitrogens with one attached hydrogen (secondary N) is 2. The van der Waals surface area contributed by atoms with E-state index in [9.17, 15) is 4.79 Å². The summed E-state index contributed by atoms with van der Waals surface area (Å²) < 4.78 is 5.61. The molecule has 2 fully saturated rings. The summed E-state index contributed by atoms with van der Waals surface area (Å²) in [6.07, 6.45) is 6.23. The Morgan fingerprint density at radius 2 is 1.96 bits per heavy atom. The van der Waals surface area contributed by atoms with Crippen LogP contribution < -0.4 is 15.4 Å². The van der Waals surface area contributed by atoms with E-state index in [0.717, 1.165) is 19.3 Å². The first-order chi connectivity index (χ1) is 11.6. The van der Waals surface area contributed by atoms with Gasteiger partial charge in [-0.15, -0.1) is 12.4 Å². The Balaban J connectivity index is 0.00000225. The van der Waals surface area contributed by atoms with Crippen molar-refractivity contribution in [1.29, 1.82) is 0 Å². The van der Waals surface area contributed by atoms with Crippen LogP contribution in [-0.4, -0.2) is 31.1 Å². The topological polar surface area (TPSA) is 50.4 Å². The molecule has 3 rings (SSSR count). The third-order valence-corrected chi connectivity index (χ3v) is 5.37. The summed E-state index contributed by atoms with van der Waals surface area (Å²) in [5.74, 6) is 1.32. The number of hydrogen-bond acceptors (Lipinski definition) is 3. The van der Waals surface area contributed by atoms with Crippen LogP contribution in [0.25, 0.3) is 0 Å². The molecule has 2 aliphatic rings. The first-order valence-corrected chi connectivity index (χ1v) is 9.46. The summed E-state index contributed by atoms with van der Waals surface area (Å²) in [4.78, 5) is 12.1. The fourth-order valence-corrected chi connectivity index (χ4v) is 4.21. The Hall–Kier alpha value is -0.680. The smallest absolute Gasteiger partial charge is 0.220 e. The molecule has 1 aromatic carbocycles. The van der Waals surface area contributed by atoms with E-state index < -0.39 is 0 Å². The van der Waals surface area contributed by atoms with Crippen LogP contribution in [0.5, 0.6) is 5.75 Å². The average Bonchev–Trinajstić information content (AvgIpc) is 2.87. The van der Waals surface area contributed by atoms with Gasteiger partial charge in [0.25, 0.3) is 0 Å². The first kappa shape index (κ1) is 20.6. The van der Waals surface area contributed by atoms with Gasteiger partial charge in [0.1, 0.15) is 5.75 Å². The van der Waals surface area contributed by atoms with Gasteiger partial charge in [-0.2, -0.15) is 0 Å². The second-order valence-electron chi connectivity index (χ2n) is 6.81. The lowest BCUT2D eigenvalue weighted by atomic mass is 9.89. The summed E-state index contributed by atoms with van der Waals surface area (Å²) in [5.41, 5.74) is 0. The zero-order valence-electron chi connectivity index (χ0n) is 14.1. The van der Waals surface area contributed by atoms with Gasteiger partial charge in [0.2, 0.25) is 5.91 Å². The van der Waals surface area contributed by atoms with Gasteiger partial charge >= 0.3 is 0 Å². The lowest BCUT2D eigenvalue weighted by molar-refractivity contribution is -0.122. The minimum atomic E-state index is 0. The number of carbonyl (C=O) groups excluding carboxylic acids is 1. The molecule has 25 heavy (non-hydrogen) atoms. The molecule has 1 amide bonds. The van der Waals surface area contributed by atoms with E-state index in [1.54, 1.807) is 18.2 Å². The molecule has 2 N–H and O–H groups in total. The predicted octanol–water partition coefficient (Wildman–Crippen LogP) is 4.22. The largest absolute Gasteiger partial charge is 0.492 e. The maximum atomic E-state index is 12.1. The number of ether oxygens (including phenoxy) is 1. The van der Waals surface area contributed by atoms with Crippen molar-refractivity contribution in [3.05, 3.63) is 28.2 Å². The molecule has 0 radical (unpaired) electrons. The maximum absolute atomic E-state index is 12.1. The SMILES string of the molecule is Cl.O=C(CC1CC2CCC(C1)N2)NCCCOc1ccc(Cl)cc1Cl. The Kier molecular flexibility index (Phi) is 8.14.